The fourth-order valence-corrected chi connectivity index (χ4v) is 2.48. The first-order valence-electron chi connectivity index (χ1n) is 9.58. The molecule has 0 aromatic heterocycles. The van der Waals surface area contributed by atoms with E-state index in [9.17, 15) is 14.4 Å². The van der Waals surface area contributed by atoms with E-state index in [4.69, 9.17) is 9.47 Å². The second-order valence-corrected chi connectivity index (χ2v) is 6.36. The van der Waals surface area contributed by atoms with Gasteiger partial charge in [-0.3, -0.25) is 25.2 Å². The van der Waals surface area contributed by atoms with Crippen molar-refractivity contribution < 1.29 is 23.9 Å². The Hall–Kier alpha value is -3.35. The van der Waals surface area contributed by atoms with E-state index in [1.165, 1.54) is 5.56 Å². The van der Waals surface area contributed by atoms with Crippen molar-refractivity contribution in [2.45, 2.75) is 32.1 Å². The maximum absolute atomic E-state index is 11.7. The standard InChI is InChI=1S/C22H26N2O5/c25-20(23-24-21(26)17-29-19-12-5-2-6-13-19)14-7-15-22(27)28-16-8-11-18-9-3-1-4-10-18/h1-6,9-10,12-13H,7-8,11,14-17H2,(H,23,25)(H,24,26). The quantitative estimate of drug-likeness (QED) is 0.345. The first kappa shape index (κ1) is 21.9. The van der Waals surface area contributed by atoms with Gasteiger partial charge in [-0.25, -0.2) is 0 Å². The van der Waals surface area contributed by atoms with E-state index < -0.39 is 5.91 Å². The minimum absolute atomic E-state index is 0.110. The van der Waals surface area contributed by atoms with Crippen LogP contribution in [0.3, 0.4) is 0 Å². The highest BCUT2D eigenvalue weighted by molar-refractivity contribution is 5.83. The van der Waals surface area contributed by atoms with Crippen LogP contribution in [0.15, 0.2) is 60.7 Å². The molecule has 2 rings (SSSR count). The zero-order valence-electron chi connectivity index (χ0n) is 16.3. The number of carbonyl (C=O) groups is 3. The Bertz CT molecular complexity index is 765. The summed E-state index contributed by atoms with van der Waals surface area (Å²) in [6.45, 7) is 0.150. The van der Waals surface area contributed by atoms with E-state index in [-0.39, 0.29) is 31.3 Å². The number of para-hydroxylation sites is 1. The summed E-state index contributed by atoms with van der Waals surface area (Å²) in [5.41, 5.74) is 5.77. The van der Waals surface area contributed by atoms with Gasteiger partial charge in [0.1, 0.15) is 5.75 Å². The van der Waals surface area contributed by atoms with Crippen LogP contribution in [0.1, 0.15) is 31.2 Å². The van der Waals surface area contributed by atoms with Crippen LogP contribution >= 0.6 is 0 Å². The number of ether oxygens (including phenoxy) is 2. The maximum atomic E-state index is 11.7. The molecular weight excluding hydrogens is 372 g/mol. The number of hydrogen-bond acceptors (Lipinski definition) is 5. The summed E-state index contributed by atoms with van der Waals surface area (Å²) in [4.78, 5) is 35.0. The predicted molar refractivity (Wildman–Crippen MR) is 108 cm³/mol. The van der Waals surface area contributed by atoms with Crippen molar-refractivity contribution >= 4 is 17.8 Å². The van der Waals surface area contributed by atoms with E-state index in [0.29, 0.717) is 18.8 Å². The molecule has 2 amide bonds. The Balaban J connectivity index is 1.47. The van der Waals surface area contributed by atoms with Gasteiger partial charge in [0.25, 0.3) is 5.91 Å². The van der Waals surface area contributed by atoms with E-state index in [2.05, 4.69) is 10.9 Å². The Labute approximate surface area is 170 Å². The Morgan fingerprint density at radius 1 is 0.759 bits per heavy atom. The van der Waals surface area contributed by atoms with Gasteiger partial charge >= 0.3 is 5.97 Å². The Kier molecular flexibility index (Phi) is 9.79. The topological polar surface area (TPSA) is 93.7 Å². The molecule has 154 valence electrons. The zero-order valence-corrected chi connectivity index (χ0v) is 16.3. The van der Waals surface area contributed by atoms with Crippen molar-refractivity contribution in [3.63, 3.8) is 0 Å². The first-order valence-corrected chi connectivity index (χ1v) is 9.58. The number of hydrazine groups is 1. The zero-order chi connectivity index (χ0) is 20.7. The molecule has 29 heavy (non-hydrogen) atoms. The minimum Gasteiger partial charge on any atom is -0.484 e. The molecule has 2 aromatic carbocycles. The number of rotatable bonds is 11. The van der Waals surface area contributed by atoms with Crippen LogP contribution in [0.25, 0.3) is 0 Å². The van der Waals surface area contributed by atoms with Gasteiger partial charge in [-0.2, -0.15) is 0 Å². The number of esters is 1. The molecule has 0 heterocycles. The highest BCUT2D eigenvalue weighted by Crippen LogP contribution is 2.07. The van der Waals surface area contributed by atoms with Crippen molar-refractivity contribution in [2.75, 3.05) is 13.2 Å². The van der Waals surface area contributed by atoms with Gasteiger partial charge in [-0.05, 0) is 37.0 Å². The lowest BCUT2D eigenvalue weighted by Crippen LogP contribution is -2.43. The second-order valence-electron chi connectivity index (χ2n) is 6.36. The van der Waals surface area contributed by atoms with Crippen LogP contribution in [0.4, 0.5) is 0 Å². The fraction of sp³-hybridized carbons (Fsp3) is 0.318. The highest BCUT2D eigenvalue weighted by atomic mass is 16.5. The summed E-state index contributed by atoms with van der Waals surface area (Å²) in [5, 5.41) is 0. The molecule has 0 spiro atoms. The van der Waals surface area contributed by atoms with E-state index in [1.807, 2.05) is 36.4 Å². The van der Waals surface area contributed by atoms with Crippen LogP contribution in [-0.2, 0) is 25.5 Å². The van der Waals surface area contributed by atoms with Crippen LogP contribution in [0, 0.1) is 0 Å². The fourth-order valence-electron chi connectivity index (χ4n) is 2.48. The van der Waals surface area contributed by atoms with Gasteiger partial charge in [0.15, 0.2) is 6.61 Å². The Morgan fingerprint density at radius 3 is 2.14 bits per heavy atom. The smallest absolute Gasteiger partial charge is 0.305 e. The van der Waals surface area contributed by atoms with Crippen molar-refractivity contribution in [1.82, 2.24) is 10.9 Å². The number of benzene rings is 2. The first-order chi connectivity index (χ1) is 14.1. The number of nitrogens with one attached hydrogen (secondary N) is 2. The molecule has 7 heteroatoms. The molecule has 0 bridgehead atoms. The van der Waals surface area contributed by atoms with Crippen LogP contribution in [0.5, 0.6) is 5.75 Å². The van der Waals surface area contributed by atoms with Crippen molar-refractivity contribution in [3.8, 4) is 5.75 Å². The lowest BCUT2D eigenvalue weighted by molar-refractivity contribution is -0.144. The van der Waals surface area contributed by atoms with Crippen LogP contribution in [-0.4, -0.2) is 31.0 Å². The highest BCUT2D eigenvalue weighted by Gasteiger charge is 2.08. The van der Waals surface area contributed by atoms with E-state index >= 15 is 0 Å². The molecule has 2 aromatic rings. The molecule has 0 atom stereocenters. The molecule has 0 unspecified atom stereocenters. The van der Waals surface area contributed by atoms with Gasteiger partial charge in [-0.1, -0.05) is 48.5 Å². The average molecular weight is 398 g/mol. The normalized spacial score (nSPS) is 10.1. The molecule has 0 aliphatic heterocycles. The van der Waals surface area contributed by atoms with Crippen molar-refractivity contribution in [3.05, 3.63) is 66.2 Å². The monoisotopic (exact) mass is 398 g/mol. The average Bonchev–Trinajstić information content (AvgIpc) is 2.75. The van der Waals surface area contributed by atoms with Gasteiger partial charge in [0.2, 0.25) is 5.91 Å². The molecule has 7 nitrogen and oxygen atoms in total. The van der Waals surface area contributed by atoms with Gasteiger partial charge in [-0.15, -0.1) is 0 Å². The molecule has 0 radical (unpaired) electrons. The number of hydrogen-bond donors (Lipinski definition) is 2. The summed E-state index contributed by atoms with van der Waals surface area (Å²) >= 11 is 0. The third-order valence-corrected chi connectivity index (χ3v) is 3.95. The molecule has 0 aliphatic carbocycles. The lowest BCUT2D eigenvalue weighted by atomic mass is 10.1. The van der Waals surface area contributed by atoms with Crippen LogP contribution in [0.2, 0.25) is 0 Å². The van der Waals surface area contributed by atoms with E-state index in [0.717, 1.165) is 12.8 Å². The number of aryl methyl sites for hydroxylation is 1. The van der Waals surface area contributed by atoms with Gasteiger partial charge in [0, 0.05) is 12.8 Å². The summed E-state index contributed by atoms with van der Waals surface area (Å²) < 4.78 is 10.4. The van der Waals surface area contributed by atoms with Gasteiger partial charge < -0.3 is 9.47 Å². The molecule has 0 aliphatic rings. The number of amides is 2. The molecule has 2 N–H and O–H groups in total. The molecule has 0 saturated heterocycles. The Morgan fingerprint density at radius 2 is 1.41 bits per heavy atom. The van der Waals surface area contributed by atoms with Crippen molar-refractivity contribution in [1.29, 1.82) is 0 Å². The third-order valence-electron chi connectivity index (χ3n) is 3.95. The molecule has 0 fully saturated rings. The minimum atomic E-state index is -0.472. The van der Waals surface area contributed by atoms with Crippen molar-refractivity contribution in [2.24, 2.45) is 0 Å². The molecular formula is C22H26N2O5. The lowest BCUT2D eigenvalue weighted by Gasteiger charge is -2.09. The third kappa shape index (κ3) is 9.95. The SMILES string of the molecule is O=C(CCCC(=O)OCCCc1ccccc1)NNC(=O)COc1ccccc1. The summed E-state index contributed by atoms with van der Waals surface area (Å²) in [5.74, 6) is -0.614. The summed E-state index contributed by atoms with van der Waals surface area (Å²) in [6.07, 6.45) is 2.22. The van der Waals surface area contributed by atoms with Crippen LogP contribution < -0.4 is 15.6 Å². The summed E-state index contributed by atoms with van der Waals surface area (Å²) in [7, 11) is 0. The predicted octanol–water partition coefficient (Wildman–Crippen LogP) is 2.56. The van der Waals surface area contributed by atoms with E-state index in [1.54, 1.807) is 24.3 Å². The number of carbonyl (C=O) groups excluding carboxylic acids is 3. The largest absolute Gasteiger partial charge is 0.484 e. The second kappa shape index (κ2) is 12.9. The maximum Gasteiger partial charge on any atom is 0.305 e. The summed E-state index contributed by atoms with van der Waals surface area (Å²) in [6, 6.07) is 18.9. The van der Waals surface area contributed by atoms with Gasteiger partial charge in [0.05, 0.1) is 6.61 Å². The molecule has 0 saturated carbocycles.